The number of aliphatic hydroxyl groups is 1. The molecule has 3 N–H and O–H groups in total. The molecule has 1 unspecified atom stereocenters. The number of carboxylic acids is 1. The maximum absolute atomic E-state index is 11.5. The number of carbonyl (C=O) groups is 2. The maximum atomic E-state index is 11.5. The molecule has 21 heavy (non-hydrogen) atoms. The first-order chi connectivity index (χ1) is 9.93. The Kier molecular flexibility index (Phi) is 7.28. The number of benzene rings is 1. The van der Waals surface area contributed by atoms with Crippen molar-refractivity contribution in [2.45, 2.75) is 18.9 Å². The molecule has 0 saturated heterocycles. The van der Waals surface area contributed by atoms with Gasteiger partial charge in [0.2, 0.25) is 5.91 Å². The zero-order valence-electron chi connectivity index (χ0n) is 11.0. The highest BCUT2D eigenvalue weighted by Crippen LogP contribution is 2.27. The van der Waals surface area contributed by atoms with Gasteiger partial charge >= 0.3 is 5.97 Å². The van der Waals surface area contributed by atoms with E-state index in [0.29, 0.717) is 22.2 Å². The van der Waals surface area contributed by atoms with E-state index in [4.69, 9.17) is 38.2 Å². The molecule has 0 aliphatic heterocycles. The van der Waals surface area contributed by atoms with Crippen LogP contribution in [-0.2, 0) is 9.59 Å². The summed E-state index contributed by atoms with van der Waals surface area (Å²) in [6, 6.07) is 3.51. The first kappa shape index (κ1) is 17.6. The highest BCUT2D eigenvalue weighted by Gasteiger charge is 2.18. The number of hydrogen-bond donors (Lipinski definition) is 3. The molecule has 1 aromatic carbocycles. The number of aliphatic hydroxyl groups excluding tert-OH is 1. The van der Waals surface area contributed by atoms with E-state index in [1.807, 2.05) is 0 Å². The van der Waals surface area contributed by atoms with Crippen molar-refractivity contribution in [3.05, 3.63) is 28.2 Å². The Hall–Kier alpha value is -1.50. The van der Waals surface area contributed by atoms with Gasteiger partial charge in [-0.2, -0.15) is 0 Å². The van der Waals surface area contributed by atoms with Crippen molar-refractivity contribution in [2.75, 3.05) is 13.2 Å². The zero-order valence-corrected chi connectivity index (χ0v) is 12.5. The lowest BCUT2D eigenvalue weighted by atomic mass is 10.2. The van der Waals surface area contributed by atoms with E-state index in [0.717, 1.165) is 0 Å². The van der Waals surface area contributed by atoms with Gasteiger partial charge < -0.3 is 20.3 Å². The van der Waals surface area contributed by atoms with Crippen LogP contribution in [0.15, 0.2) is 18.2 Å². The Balaban J connectivity index is 2.30. The van der Waals surface area contributed by atoms with Gasteiger partial charge in [-0.05, 0) is 24.6 Å². The molecule has 0 radical (unpaired) electrons. The van der Waals surface area contributed by atoms with Crippen molar-refractivity contribution >= 4 is 35.1 Å². The summed E-state index contributed by atoms with van der Waals surface area (Å²) in [6.45, 7) is -0.413. The van der Waals surface area contributed by atoms with Crippen LogP contribution in [0.1, 0.15) is 12.8 Å². The quantitative estimate of drug-likeness (QED) is 0.628. The molecule has 1 rings (SSSR count). The summed E-state index contributed by atoms with van der Waals surface area (Å²) in [7, 11) is 0. The summed E-state index contributed by atoms with van der Waals surface area (Å²) < 4.78 is 5.38. The van der Waals surface area contributed by atoms with Crippen molar-refractivity contribution in [1.82, 2.24) is 5.32 Å². The van der Waals surface area contributed by atoms with E-state index in [-0.39, 0.29) is 13.0 Å². The molecule has 0 saturated carbocycles. The third kappa shape index (κ3) is 6.20. The zero-order chi connectivity index (χ0) is 15.8. The summed E-state index contributed by atoms with van der Waals surface area (Å²) in [5, 5.41) is 20.5. The summed E-state index contributed by atoms with van der Waals surface area (Å²) in [6.07, 6.45) is 0.456. The second kappa shape index (κ2) is 8.71. The average Bonchev–Trinajstić information content (AvgIpc) is 2.42. The van der Waals surface area contributed by atoms with Crippen LogP contribution in [0.3, 0.4) is 0 Å². The summed E-state index contributed by atoms with van der Waals surface area (Å²) >= 11 is 11.7. The molecule has 1 amide bonds. The van der Waals surface area contributed by atoms with Crippen LogP contribution in [0.4, 0.5) is 0 Å². The van der Waals surface area contributed by atoms with E-state index in [1.54, 1.807) is 18.2 Å². The number of hydrogen-bond acceptors (Lipinski definition) is 4. The van der Waals surface area contributed by atoms with E-state index < -0.39 is 24.5 Å². The molecule has 0 aliphatic carbocycles. The molecule has 0 bridgehead atoms. The average molecular weight is 336 g/mol. The summed E-state index contributed by atoms with van der Waals surface area (Å²) in [5.41, 5.74) is 0. The number of carbonyl (C=O) groups excluding carboxylic acids is 1. The Labute approximate surface area is 131 Å². The van der Waals surface area contributed by atoms with E-state index in [2.05, 4.69) is 5.32 Å². The minimum absolute atomic E-state index is 0.0784. The second-order valence-electron chi connectivity index (χ2n) is 4.17. The lowest BCUT2D eigenvalue weighted by molar-refractivity contribution is -0.142. The van der Waals surface area contributed by atoms with Gasteiger partial charge in [0.05, 0.1) is 18.2 Å². The Morgan fingerprint density at radius 1 is 1.33 bits per heavy atom. The number of halogens is 2. The van der Waals surface area contributed by atoms with Crippen LogP contribution in [0.2, 0.25) is 10.0 Å². The fourth-order valence-corrected chi connectivity index (χ4v) is 1.92. The topological polar surface area (TPSA) is 95.9 Å². The minimum Gasteiger partial charge on any atom is -0.492 e. The van der Waals surface area contributed by atoms with E-state index in [9.17, 15) is 9.59 Å². The number of amides is 1. The van der Waals surface area contributed by atoms with Gasteiger partial charge in [0.25, 0.3) is 0 Å². The molecule has 0 spiro atoms. The predicted molar refractivity (Wildman–Crippen MR) is 77.8 cm³/mol. The van der Waals surface area contributed by atoms with Crippen LogP contribution in [0, 0.1) is 0 Å². The molecule has 0 fully saturated rings. The minimum atomic E-state index is -1.29. The van der Waals surface area contributed by atoms with Crippen molar-refractivity contribution in [3.8, 4) is 5.75 Å². The molecule has 6 nitrogen and oxygen atoms in total. The molecule has 1 atom stereocenters. The van der Waals surface area contributed by atoms with Crippen molar-refractivity contribution in [1.29, 1.82) is 0 Å². The van der Waals surface area contributed by atoms with Crippen LogP contribution < -0.4 is 10.1 Å². The smallest absolute Gasteiger partial charge is 0.328 e. The van der Waals surface area contributed by atoms with Gasteiger partial charge in [-0.3, -0.25) is 4.79 Å². The number of nitrogens with one attached hydrogen (secondary N) is 1. The van der Waals surface area contributed by atoms with Crippen molar-refractivity contribution in [2.24, 2.45) is 0 Å². The molecule has 0 aliphatic rings. The van der Waals surface area contributed by atoms with Gasteiger partial charge in [0.15, 0.2) is 0 Å². The number of carboxylic acid groups (broad SMARTS) is 1. The monoisotopic (exact) mass is 335 g/mol. The number of ether oxygens (including phenoxy) is 1. The predicted octanol–water partition coefficient (Wildman–Crippen LogP) is 1.71. The standard InChI is InChI=1S/C13H15Cl2NO5/c14-8-3-4-11(9(15)6-8)21-5-1-2-12(18)16-10(7-17)13(19)20/h3-4,6,10,17H,1-2,5,7H2,(H,16,18)(H,19,20). The van der Waals surface area contributed by atoms with E-state index >= 15 is 0 Å². The van der Waals surface area contributed by atoms with Gasteiger partial charge in [0.1, 0.15) is 11.8 Å². The molecule has 0 aromatic heterocycles. The molecular weight excluding hydrogens is 321 g/mol. The number of aliphatic carboxylic acids is 1. The first-order valence-corrected chi connectivity index (χ1v) is 6.90. The SMILES string of the molecule is O=C(CCCOc1ccc(Cl)cc1Cl)NC(CO)C(=O)O. The Bertz CT molecular complexity index is 509. The van der Waals surface area contributed by atoms with Gasteiger partial charge in [-0.1, -0.05) is 23.2 Å². The largest absolute Gasteiger partial charge is 0.492 e. The van der Waals surface area contributed by atoms with Crippen LogP contribution in [0.5, 0.6) is 5.75 Å². The third-order valence-electron chi connectivity index (χ3n) is 2.52. The Morgan fingerprint density at radius 2 is 2.05 bits per heavy atom. The van der Waals surface area contributed by atoms with E-state index in [1.165, 1.54) is 0 Å². The van der Waals surface area contributed by atoms with Gasteiger partial charge in [0, 0.05) is 11.4 Å². The highest BCUT2D eigenvalue weighted by molar-refractivity contribution is 6.35. The molecular formula is C13H15Cl2NO5. The number of rotatable bonds is 8. The van der Waals surface area contributed by atoms with Crippen molar-refractivity contribution < 1.29 is 24.5 Å². The summed E-state index contributed by atoms with van der Waals surface area (Å²) in [4.78, 5) is 22.1. The fourth-order valence-electron chi connectivity index (χ4n) is 1.46. The van der Waals surface area contributed by atoms with Crippen molar-refractivity contribution in [3.63, 3.8) is 0 Å². The van der Waals surface area contributed by atoms with Gasteiger partial charge in [-0.25, -0.2) is 4.79 Å². The lowest BCUT2D eigenvalue weighted by Gasteiger charge is -2.12. The Morgan fingerprint density at radius 3 is 2.62 bits per heavy atom. The third-order valence-corrected chi connectivity index (χ3v) is 3.05. The normalized spacial score (nSPS) is 11.8. The summed E-state index contributed by atoms with van der Waals surface area (Å²) in [5.74, 6) is -1.29. The lowest BCUT2D eigenvalue weighted by Crippen LogP contribution is -2.43. The second-order valence-corrected chi connectivity index (χ2v) is 5.01. The first-order valence-electron chi connectivity index (χ1n) is 6.15. The molecule has 0 heterocycles. The fraction of sp³-hybridized carbons (Fsp3) is 0.385. The molecule has 1 aromatic rings. The maximum Gasteiger partial charge on any atom is 0.328 e. The van der Waals surface area contributed by atoms with Crippen LogP contribution in [0.25, 0.3) is 0 Å². The van der Waals surface area contributed by atoms with Crippen LogP contribution >= 0.6 is 23.2 Å². The highest BCUT2D eigenvalue weighted by atomic mass is 35.5. The van der Waals surface area contributed by atoms with Crippen LogP contribution in [-0.4, -0.2) is 41.3 Å². The van der Waals surface area contributed by atoms with Gasteiger partial charge in [-0.15, -0.1) is 0 Å². The molecule has 8 heteroatoms. The molecule has 116 valence electrons.